The van der Waals surface area contributed by atoms with Gasteiger partial charge in [0.25, 0.3) is 5.91 Å². The van der Waals surface area contributed by atoms with Crippen LogP contribution in [0.2, 0.25) is 0 Å². The summed E-state index contributed by atoms with van der Waals surface area (Å²) in [6, 6.07) is 8.56. The lowest BCUT2D eigenvalue weighted by molar-refractivity contribution is 0.0954. The lowest BCUT2D eigenvalue weighted by atomic mass is 10.2. The standard InChI is InChI=1S/C15H12N2O4/c18-15(11-5-6-13-14(9-11)21-10-20-13)17-16-7-1-3-12-4-2-8-19-12/h1-9H,10H2,(H,17,18)/b3-1+,16-7-. The van der Waals surface area contributed by atoms with Crippen LogP contribution in [0.15, 0.2) is 52.2 Å². The topological polar surface area (TPSA) is 73.1 Å². The number of benzene rings is 1. The number of amides is 1. The van der Waals surface area contributed by atoms with Gasteiger partial charge in [-0.2, -0.15) is 5.10 Å². The van der Waals surface area contributed by atoms with Crippen LogP contribution in [0.25, 0.3) is 6.08 Å². The zero-order chi connectivity index (χ0) is 14.5. The van der Waals surface area contributed by atoms with Gasteiger partial charge < -0.3 is 13.9 Å². The van der Waals surface area contributed by atoms with Gasteiger partial charge in [-0.1, -0.05) is 0 Å². The largest absolute Gasteiger partial charge is 0.465 e. The average molecular weight is 284 g/mol. The monoisotopic (exact) mass is 284 g/mol. The molecule has 2 aromatic rings. The highest BCUT2D eigenvalue weighted by atomic mass is 16.7. The van der Waals surface area contributed by atoms with Crippen molar-refractivity contribution in [2.75, 3.05) is 6.79 Å². The molecule has 0 aliphatic carbocycles. The molecule has 0 saturated heterocycles. The summed E-state index contributed by atoms with van der Waals surface area (Å²) in [7, 11) is 0. The lowest BCUT2D eigenvalue weighted by Crippen LogP contribution is -2.17. The minimum atomic E-state index is -0.323. The molecule has 1 aromatic carbocycles. The maximum Gasteiger partial charge on any atom is 0.271 e. The van der Waals surface area contributed by atoms with Gasteiger partial charge >= 0.3 is 0 Å². The molecule has 2 heterocycles. The molecule has 6 nitrogen and oxygen atoms in total. The summed E-state index contributed by atoms with van der Waals surface area (Å²) in [5.41, 5.74) is 2.87. The lowest BCUT2D eigenvalue weighted by Gasteiger charge is -2.01. The van der Waals surface area contributed by atoms with Crippen LogP contribution in [0.3, 0.4) is 0 Å². The van der Waals surface area contributed by atoms with Gasteiger partial charge in [-0.25, -0.2) is 5.43 Å². The van der Waals surface area contributed by atoms with Gasteiger partial charge in [0.2, 0.25) is 6.79 Å². The van der Waals surface area contributed by atoms with E-state index in [0.717, 1.165) is 0 Å². The minimum Gasteiger partial charge on any atom is -0.465 e. The fourth-order valence-corrected chi connectivity index (χ4v) is 1.77. The summed E-state index contributed by atoms with van der Waals surface area (Å²) in [5.74, 6) is 1.58. The quantitative estimate of drug-likeness (QED) is 0.691. The van der Waals surface area contributed by atoms with Gasteiger partial charge in [0.1, 0.15) is 5.76 Å². The Hall–Kier alpha value is -3.02. The summed E-state index contributed by atoms with van der Waals surface area (Å²) in [4.78, 5) is 11.9. The Morgan fingerprint density at radius 2 is 2.14 bits per heavy atom. The molecule has 21 heavy (non-hydrogen) atoms. The van der Waals surface area contributed by atoms with Gasteiger partial charge in [0.05, 0.1) is 6.26 Å². The van der Waals surface area contributed by atoms with E-state index < -0.39 is 0 Å². The number of hydrogen-bond donors (Lipinski definition) is 1. The summed E-state index contributed by atoms with van der Waals surface area (Å²) >= 11 is 0. The van der Waals surface area contributed by atoms with Crippen LogP contribution >= 0.6 is 0 Å². The molecular weight excluding hydrogens is 272 g/mol. The first kappa shape index (κ1) is 13.0. The number of rotatable bonds is 4. The van der Waals surface area contributed by atoms with Crippen molar-refractivity contribution >= 4 is 18.2 Å². The average Bonchev–Trinajstić information content (AvgIpc) is 3.17. The van der Waals surface area contributed by atoms with Crippen molar-refractivity contribution in [2.45, 2.75) is 0 Å². The molecule has 106 valence electrons. The Bertz CT molecular complexity index is 690. The fraction of sp³-hybridized carbons (Fsp3) is 0.0667. The van der Waals surface area contributed by atoms with Gasteiger partial charge in [-0.3, -0.25) is 4.79 Å². The number of furan rings is 1. The zero-order valence-electron chi connectivity index (χ0n) is 11.0. The molecule has 0 bridgehead atoms. The molecule has 1 amide bonds. The predicted octanol–water partition coefficient (Wildman–Crippen LogP) is 2.44. The van der Waals surface area contributed by atoms with Gasteiger partial charge in [-0.15, -0.1) is 0 Å². The maximum absolute atomic E-state index is 11.9. The van der Waals surface area contributed by atoms with E-state index >= 15 is 0 Å². The third-order valence-electron chi connectivity index (χ3n) is 2.77. The van der Waals surface area contributed by atoms with Gasteiger partial charge in [-0.05, 0) is 42.5 Å². The van der Waals surface area contributed by atoms with Gasteiger partial charge in [0.15, 0.2) is 11.5 Å². The number of ether oxygens (including phenoxy) is 2. The molecule has 0 unspecified atom stereocenters. The van der Waals surface area contributed by atoms with Crippen LogP contribution in [-0.4, -0.2) is 18.9 Å². The van der Waals surface area contributed by atoms with Gasteiger partial charge in [0, 0.05) is 11.8 Å². The molecule has 0 fully saturated rings. The van der Waals surface area contributed by atoms with Crippen LogP contribution < -0.4 is 14.9 Å². The van der Waals surface area contributed by atoms with E-state index in [2.05, 4.69) is 10.5 Å². The predicted molar refractivity (Wildman–Crippen MR) is 76.3 cm³/mol. The van der Waals surface area contributed by atoms with Crippen molar-refractivity contribution in [3.8, 4) is 11.5 Å². The van der Waals surface area contributed by atoms with Crippen molar-refractivity contribution < 1.29 is 18.7 Å². The molecule has 1 aromatic heterocycles. The number of hydrogen-bond acceptors (Lipinski definition) is 5. The molecule has 1 N–H and O–H groups in total. The molecule has 0 spiro atoms. The van der Waals surface area contributed by atoms with Crippen molar-refractivity contribution in [1.82, 2.24) is 5.43 Å². The van der Waals surface area contributed by atoms with Crippen molar-refractivity contribution in [2.24, 2.45) is 5.10 Å². The molecule has 0 radical (unpaired) electrons. The first-order valence-corrected chi connectivity index (χ1v) is 6.26. The smallest absolute Gasteiger partial charge is 0.271 e. The van der Waals surface area contributed by atoms with Crippen molar-refractivity contribution in [1.29, 1.82) is 0 Å². The van der Waals surface area contributed by atoms with Crippen LogP contribution in [0.5, 0.6) is 11.5 Å². The zero-order valence-corrected chi connectivity index (χ0v) is 11.0. The number of hydrazone groups is 1. The van der Waals surface area contributed by atoms with E-state index in [4.69, 9.17) is 13.9 Å². The minimum absolute atomic E-state index is 0.177. The van der Waals surface area contributed by atoms with Crippen molar-refractivity contribution in [3.05, 3.63) is 54.0 Å². The molecule has 3 rings (SSSR count). The Balaban J connectivity index is 1.56. The number of fused-ring (bicyclic) bond motifs is 1. The number of carbonyl (C=O) groups excluding carboxylic acids is 1. The third kappa shape index (κ3) is 3.11. The third-order valence-corrected chi connectivity index (χ3v) is 2.77. The molecule has 0 saturated carbocycles. The Morgan fingerprint density at radius 3 is 3.00 bits per heavy atom. The second-order valence-electron chi connectivity index (χ2n) is 4.16. The number of allylic oxidation sites excluding steroid dienone is 1. The Morgan fingerprint density at radius 1 is 1.24 bits per heavy atom. The highest BCUT2D eigenvalue weighted by Crippen LogP contribution is 2.32. The molecule has 1 aliphatic heterocycles. The summed E-state index contributed by atoms with van der Waals surface area (Å²) < 4.78 is 15.5. The van der Waals surface area contributed by atoms with E-state index in [1.54, 1.807) is 42.7 Å². The Kier molecular flexibility index (Phi) is 3.68. The Labute approximate surface area is 120 Å². The second-order valence-corrected chi connectivity index (χ2v) is 4.16. The number of nitrogens with zero attached hydrogens (tertiary/aromatic N) is 1. The van der Waals surface area contributed by atoms with Crippen LogP contribution in [0.4, 0.5) is 0 Å². The van der Waals surface area contributed by atoms with Crippen LogP contribution in [0, 0.1) is 0 Å². The maximum atomic E-state index is 11.9. The first-order valence-electron chi connectivity index (χ1n) is 6.26. The first-order chi connectivity index (χ1) is 10.3. The summed E-state index contributed by atoms with van der Waals surface area (Å²) in [5, 5.41) is 3.82. The van der Waals surface area contributed by atoms with E-state index in [1.165, 1.54) is 6.21 Å². The molecule has 6 heteroatoms. The molecule has 0 atom stereocenters. The van der Waals surface area contributed by atoms with E-state index in [-0.39, 0.29) is 12.7 Å². The number of nitrogens with one attached hydrogen (secondary N) is 1. The fourth-order valence-electron chi connectivity index (χ4n) is 1.77. The van der Waals surface area contributed by atoms with E-state index in [1.807, 2.05) is 6.07 Å². The highest BCUT2D eigenvalue weighted by molar-refractivity contribution is 5.95. The van der Waals surface area contributed by atoms with Crippen LogP contribution in [0.1, 0.15) is 16.1 Å². The normalized spacial score (nSPS) is 13.1. The second kappa shape index (κ2) is 5.96. The summed E-state index contributed by atoms with van der Waals surface area (Å²) in [6.45, 7) is 0.177. The van der Waals surface area contributed by atoms with E-state index in [9.17, 15) is 4.79 Å². The molecule has 1 aliphatic rings. The van der Waals surface area contributed by atoms with Crippen molar-refractivity contribution in [3.63, 3.8) is 0 Å². The highest BCUT2D eigenvalue weighted by Gasteiger charge is 2.15. The summed E-state index contributed by atoms with van der Waals surface area (Å²) in [6.07, 6.45) is 6.45. The van der Waals surface area contributed by atoms with Crippen LogP contribution in [-0.2, 0) is 0 Å². The van der Waals surface area contributed by atoms with E-state index in [0.29, 0.717) is 22.8 Å². The molecular formula is C15H12N2O4. The SMILES string of the molecule is O=C(N/N=C\C=C\c1ccco1)c1ccc2c(c1)OCO2. The number of carbonyl (C=O) groups is 1.